The summed E-state index contributed by atoms with van der Waals surface area (Å²) < 4.78 is 0.0756. The molecule has 0 fully saturated rings. The Balaban J connectivity index is 2.85. The Morgan fingerprint density at radius 1 is 1.80 bits per heavy atom. The lowest BCUT2D eigenvalue weighted by Crippen LogP contribution is -1.97. The standard InChI is InChI=1S/CHCl2NS/c2-1(5)4-3/h(H,4,5). The quantitative estimate of drug-likeness (QED) is 0.229. The highest BCUT2D eigenvalue weighted by Crippen LogP contribution is 1.76. The van der Waals surface area contributed by atoms with Gasteiger partial charge in [0.2, 0.25) is 0 Å². The lowest BCUT2D eigenvalue weighted by Gasteiger charge is -1.77. The molecule has 0 heterocycles. The molecule has 4 heteroatoms. The summed E-state index contributed by atoms with van der Waals surface area (Å²) in [6.07, 6.45) is 0. The van der Waals surface area contributed by atoms with Crippen molar-refractivity contribution in [1.82, 2.24) is 4.84 Å². The molecule has 0 rings (SSSR count). The smallest absolute Gasteiger partial charge is 0.181 e. The maximum absolute atomic E-state index is 4.95. The Kier molecular flexibility index (Phi) is 2.95. The second kappa shape index (κ2) is 2.69. The van der Waals surface area contributed by atoms with Gasteiger partial charge < -0.3 is 0 Å². The number of rotatable bonds is 0. The van der Waals surface area contributed by atoms with E-state index in [9.17, 15) is 0 Å². The van der Waals surface area contributed by atoms with Gasteiger partial charge in [0.05, 0.1) is 0 Å². The second-order valence-corrected chi connectivity index (χ2v) is 1.57. The van der Waals surface area contributed by atoms with Gasteiger partial charge in [-0.1, -0.05) is 11.6 Å². The summed E-state index contributed by atoms with van der Waals surface area (Å²) in [5.41, 5.74) is 0. The molecule has 0 saturated carbocycles. The lowest BCUT2D eigenvalue weighted by molar-refractivity contribution is 1.61. The van der Waals surface area contributed by atoms with Crippen molar-refractivity contribution in [3.05, 3.63) is 0 Å². The Labute approximate surface area is 45.4 Å². The number of hydrogen-bond acceptors (Lipinski definition) is 1. The minimum Gasteiger partial charge on any atom is -0.279 e. The third-order valence-electron chi connectivity index (χ3n) is 0.0743. The van der Waals surface area contributed by atoms with Crippen molar-refractivity contribution in [2.75, 3.05) is 0 Å². The predicted molar refractivity (Wildman–Crippen MR) is 27.4 cm³/mol. The van der Waals surface area contributed by atoms with Gasteiger partial charge in [0.15, 0.2) is 4.45 Å². The van der Waals surface area contributed by atoms with Gasteiger partial charge in [-0.15, -0.1) is 0 Å². The first-order valence-electron chi connectivity index (χ1n) is 0.832. The maximum atomic E-state index is 4.95. The van der Waals surface area contributed by atoms with Crippen LogP contribution in [0.15, 0.2) is 0 Å². The van der Waals surface area contributed by atoms with Gasteiger partial charge >= 0.3 is 0 Å². The highest BCUT2D eigenvalue weighted by atomic mass is 35.5. The van der Waals surface area contributed by atoms with Gasteiger partial charge in [0.25, 0.3) is 0 Å². The highest BCUT2D eigenvalue weighted by molar-refractivity contribution is 7.83. The minimum atomic E-state index is 0.0756. The van der Waals surface area contributed by atoms with Crippen LogP contribution in [0.1, 0.15) is 0 Å². The molecule has 1 nitrogen and oxygen atoms in total. The summed E-state index contributed by atoms with van der Waals surface area (Å²) in [5.74, 6) is 0. The lowest BCUT2D eigenvalue weighted by atomic mass is 11.5. The van der Waals surface area contributed by atoms with E-state index in [1.807, 2.05) is 4.84 Å². The Morgan fingerprint density at radius 2 is 2.00 bits per heavy atom. The summed E-state index contributed by atoms with van der Waals surface area (Å²) in [5, 5.41) is 0. The van der Waals surface area contributed by atoms with Gasteiger partial charge in [-0.05, 0) is 12.2 Å². The molecule has 0 aliphatic rings. The van der Waals surface area contributed by atoms with Crippen molar-refractivity contribution < 1.29 is 0 Å². The van der Waals surface area contributed by atoms with E-state index in [-0.39, 0.29) is 4.45 Å². The van der Waals surface area contributed by atoms with E-state index in [4.69, 9.17) is 23.4 Å². The minimum absolute atomic E-state index is 0.0756. The molecule has 0 atom stereocenters. The summed E-state index contributed by atoms with van der Waals surface area (Å²) in [7, 11) is 0. The molecule has 0 aromatic carbocycles. The van der Waals surface area contributed by atoms with Crippen LogP contribution in [0.3, 0.4) is 0 Å². The van der Waals surface area contributed by atoms with E-state index in [0.29, 0.717) is 0 Å². The summed E-state index contributed by atoms with van der Waals surface area (Å²) in [6.45, 7) is 0. The molecule has 0 unspecified atom stereocenters. The van der Waals surface area contributed by atoms with Crippen LogP contribution >= 0.6 is 35.6 Å². The monoisotopic (exact) mass is 129 g/mol. The zero-order chi connectivity index (χ0) is 4.28. The SMILES string of the molecule is S=C(Cl)NCl. The molecule has 0 aromatic heterocycles. The fraction of sp³-hybridized carbons (Fsp3) is 0. The Morgan fingerprint density at radius 3 is 2.00 bits per heavy atom. The zero-order valence-electron chi connectivity index (χ0n) is 2.16. The van der Waals surface area contributed by atoms with Crippen LogP contribution in [0.2, 0.25) is 0 Å². The molecule has 0 aliphatic carbocycles. The van der Waals surface area contributed by atoms with Crippen LogP contribution in [0.5, 0.6) is 0 Å². The average molecular weight is 130 g/mol. The van der Waals surface area contributed by atoms with Gasteiger partial charge in [0.1, 0.15) is 0 Å². The van der Waals surface area contributed by atoms with E-state index in [1.54, 1.807) is 0 Å². The van der Waals surface area contributed by atoms with Crippen molar-refractivity contribution >= 4 is 40.0 Å². The molecule has 0 amide bonds. The predicted octanol–water partition coefficient (Wildman–Crippen LogP) is 1.25. The van der Waals surface area contributed by atoms with Gasteiger partial charge in [-0.3, -0.25) is 4.84 Å². The molecule has 0 bridgehead atoms. The first-order valence-corrected chi connectivity index (χ1v) is 2.00. The number of thiocarbonyl (C=S) groups is 1. The van der Waals surface area contributed by atoms with Crippen molar-refractivity contribution in [2.24, 2.45) is 0 Å². The summed E-state index contributed by atoms with van der Waals surface area (Å²) in [6, 6.07) is 0. The third-order valence-corrected chi connectivity index (χ3v) is 0.669. The van der Waals surface area contributed by atoms with Crippen LogP contribution in [-0.2, 0) is 0 Å². The van der Waals surface area contributed by atoms with Crippen LogP contribution in [0.4, 0.5) is 0 Å². The fourth-order valence-corrected chi connectivity index (χ4v) is 0. The Hall–Kier alpha value is 0.470. The molecule has 5 heavy (non-hydrogen) atoms. The number of hydrogen-bond donors (Lipinski definition) is 1. The van der Waals surface area contributed by atoms with Gasteiger partial charge in [0, 0.05) is 11.8 Å². The van der Waals surface area contributed by atoms with E-state index < -0.39 is 0 Å². The largest absolute Gasteiger partial charge is 0.279 e. The summed E-state index contributed by atoms with van der Waals surface area (Å²) >= 11 is 14.0. The van der Waals surface area contributed by atoms with Crippen molar-refractivity contribution in [3.8, 4) is 0 Å². The van der Waals surface area contributed by atoms with Crippen LogP contribution in [0.25, 0.3) is 0 Å². The van der Waals surface area contributed by atoms with Crippen molar-refractivity contribution in [3.63, 3.8) is 0 Å². The molecule has 0 spiro atoms. The van der Waals surface area contributed by atoms with E-state index in [0.717, 1.165) is 0 Å². The topological polar surface area (TPSA) is 12.0 Å². The van der Waals surface area contributed by atoms with E-state index in [2.05, 4.69) is 12.2 Å². The molecule has 30 valence electrons. The fourth-order valence-electron chi connectivity index (χ4n) is 0. The molecule has 0 aromatic rings. The first-order chi connectivity index (χ1) is 2.27. The number of halogens is 2. The summed E-state index contributed by atoms with van der Waals surface area (Å²) in [4.78, 5) is 2.00. The normalized spacial score (nSPS) is 6.80. The molecule has 0 aliphatic heterocycles. The van der Waals surface area contributed by atoms with Crippen LogP contribution in [-0.4, -0.2) is 4.45 Å². The average Bonchev–Trinajstić information content (AvgIpc) is 1.38. The van der Waals surface area contributed by atoms with Crippen molar-refractivity contribution in [2.45, 2.75) is 0 Å². The number of nitrogens with one attached hydrogen (secondary N) is 1. The second-order valence-electron chi connectivity index (χ2n) is 0.368. The zero-order valence-corrected chi connectivity index (χ0v) is 4.49. The van der Waals surface area contributed by atoms with Crippen LogP contribution in [0, 0.1) is 0 Å². The first kappa shape index (κ1) is 5.47. The molecule has 1 N–H and O–H groups in total. The third kappa shape index (κ3) is 4.47. The maximum Gasteiger partial charge on any atom is 0.181 e. The Bertz CT molecular complexity index is 44.9. The van der Waals surface area contributed by atoms with Crippen molar-refractivity contribution in [1.29, 1.82) is 0 Å². The highest BCUT2D eigenvalue weighted by Gasteiger charge is 1.73. The molecule has 0 radical (unpaired) electrons. The van der Waals surface area contributed by atoms with E-state index >= 15 is 0 Å². The van der Waals surface area contributed by atoms with E-state index in [1.165, 1.54) is 0 Å². The molecule has 0 saturated heterocycles. The van der Waals surface area contributed by atoms with Gasteiger partial charge in [-0.25, -0.2) is 0 Å². The van der Waals surface area contributed by atoms with Gasteiger partial charge in [-0.2, -0.15) is 0 Å². The molecular formula is CHCl2NS. The molecular weight excluding hydrogens is 129 g/mol. The van der Waals surface area contributed by atoms with Crippen LogP contribution < -0.4 is 4.84 Å².